The van der Waals surface area contributed by atoms with E-state index in [0.29, 0.717) is 5.56 Å². The summed E-state index contributed by atoms with van der Waals surface area (Å²) in [6.07, 6.45) is 3.30. The van der Waals surface area contributed by atoms with Crippen LogP contribution in [0.3, 0.4) is 0 Å². The van der Waals surface area contributed by atoms with Gasteiger partial charge in [0.1, 0.15) is 5.82 Å². The largest absolute Gasteiger partial charge is 0.349 e. The van der Waals surface area contributed by atoms with Crippen LogP contribution in [0, 0.1) is 11.7 Å². The van der Waals surface area contributed by atoms with Crippen LogP contribution < -0.4 is 11.1 Å². The molecule has 0 aromatic heterocycles. The standard InChI is InChI=1S/C18H24FN3O2S/c19-14-5-1-13(2-6-14)17(23)21-15-7-3-12(4-8-15)16(20)18(24)22-9-10-25-11-22/h1-2,5-6,12,15-16H,3-4,7-11,20H2,(H,21,23). The van der Waals surface area contributed by atoms with Crippen molar-refractivity contribution in [3.8, 4) is 0 Å². The smallest absolute Gasteiger partial charge is 0.251 e. The van der Waals surface area contributed by atoms with E-state index in [1.54, 1.807) is 11.8 Å². The van der Waals surface area contributed by atoms with Crippen LogP contribution >= 0.6 is 11.8 Å². The van der Waals surface area contributed by atoms with Crippen molar-refractivity contribution in [2.24, 2.45) is 11.7 Å². The number of rotatable bonds is 4. The van der Waals surface area contributed by atoms with E-state index in [9.17, 15) is 14.0 Å². The molecule has 3 rings (SSSR count). The minimum Gasteiger partial charge on any atom is -0.349 e. The maximum absolute atomic E-state index is 12.9. The first-order valence-corrected chi connectivity index (χ1v) is 9.88. The van der Waals surface area contributed by atoms with Gasteiger partial charge in [-0.15, -0.1) is 11.8 Å². The Morgan fingerprint density at radius 1 is 1.20 bits per heavy atom. The number of nitrogens with zero attached hydrogens (tertiary/aromatic N) is 1. The molecule has 136 valence electrons. The molecule has 7 heteroatoms. The van der Waals surface area contributed by atoms with Gasteiger partial charge in [-0.1, -0.05) is 0 Å². The molecule has 1 aromatic rings. The Morgan fingerprint density at radius 3 is 2.48 bits per heavy atom. The summed E-state index contributed by atoms with van der Waals surface area (Å²) in [7, 11) is 0. The van der Waals surface area contributed by atoms with Crippen LogP contribution in [0.2, 0.25) is 0 Å². The first-order valence-electron chi connectivity index (χ1n) is 8.73. The number of amides is 2. The molecular weight excluding hydrogens is 341 g/mol. The molecule has 1 aliphatic carbocycles. The fraction of sp³-hybridized carbons (Fsp3) is 0.556. The van der Waals surface area contributed by atoms with Crippen molar-refractivity contribution < 1.29 is 14.0 Å². The van der Waals surface area contributed by atoms with Crippen LogP contribution in [-0.4, -0.2) is 47.0 Å². The molecule has 1 atom stereocenters. The minimum atomic E-state index is -0.438. The summed E-state index contributed by atoms with van der Waals surface area (Å²) in [6.45, 7) is 0.792. The Balaban J connectivity index is 1.47. The van der Waals surface area contributed by atoms with Gasteiger partial charge in [-0.2, -0.15) is 0 Å². The van der Waals surface area contributed by atoms with Crippen molar-refractivity contribution in [2.45, 2.75) is 37.8 Å². The van der Waals surface area contributed by atoms with Crippen LogP contribution in [0.4, 0.5) is 4.39 Å². The van der Waals surface area contributed by atoms with Gasteiger partial charge < -0.3 is 16.0 Å². The number of halogens is 1. The van der Waals surface area contributed by atoms with E-state index in [-0.39, 0.29) is 29.6 Å². The molecule has 0 bridgehead atoms. The summed E-state index contributed by atoms with van der Waals surface area (Å²) in [5, 5.41) is 3.00. The summed E-state index contributed by atoms with van der Waals surface area (Å²) in [4.78, 5) is 26.4. The maximum atomic E-state index is 12.9. The van der Waals surface area contributed by atoms with Crippen molar-refractivity contribution in [1.82, 2.24) is 10.2 Å². The molecule has 1 heterocycles. The van der Waals surface area contributed by atoms with Gasteiger partial charge in [0.2, 0.25) is 5.91 Å². The molecule has 1 saturated heterocycles. The van der Waals surface area contributed by atoms with E-state index in [0.717, 1.165) is 43.9 Å². The van der Waals surface area contributed by atoms with Gasteiger partial charge >= 0.3 is 0 Å². The lowest BCUT2D eigenvalue weighted by molar-refractivity contribution is -0.132. The normalized spacial score (nSPS) is 24.8. The third kappa shape index (κ3) is 4.52. The van der Waals surface area contributed by atoms with Crippen molar-refractivity contribution >= 4 is 23.6 Å². The highest BCUT2D eigenvalue weighted by molar-refractivity contribution is 7.99. The van der Waals surface area contributed by atoms with E-state index in [2.05, 4.69) is 5.32 Å². The number of nitrogens with two attached hydrogens (primary N) is 1. The molecule has 25 heavy (non-hydrogen) atoms. The number of benzene rings is 1. The van der Waals surface area contributed by atoms with Gasteiger partial charge in [0.15, 0.2) is 0 Å². The summed E-state index contributed by atoms with van der Waals surface area (Å²) in [5.74, 6) is 1.43. The average molecular weight is 365 g/mol. The van der Waals surface area contributed by atoms with Gasteiger partial charge in [0, 0.05) is 23.9 Å². The lowest BCUT2D eigenvalue weighted by Gasteiger charge is -2.33. The Kier molecular flexibility index (Phi) is 5.96. The first-order chi connectivity index (χ1) is 12.0. The molecule has 0 spiro atoms. The Bertz CT molecular complexity index is 611. The molecule has 2 aliphatic rings. The van der Waals surface area contributed by atoms with Crippen LogP contribution in [0.15, 0.2) is 24.3 Å². The highest BCUT2D eigenvalue weighted by Crippen LogP contribution is 2.28. The number of thioether (sulfide) groups is 1. The molecule has 1 unspecified atom stereocenters. The summed E-state index contributed by atoms with van der Waals surface area (Å²) >= 11 is 1.76. The Morgan fingerprint density at radius 2 is 1.88 bits per heavy atom. The second kappa shape index (κ2) is 8.19. The van der Waals surface area contributed by atoms with Crippen LogP contribution in [0.1, 0.15) is 36.0 Å². The van der Waals surface area contributed by atoms with E-state index in [1.807, 2.05) is 4.90 Å². The van der Waals surface area contributed by atoms with Gasteiger partial charge in [-0.25, -0.2) is 4.39 Å². The van der Waals surface area contributed by atoms with Crippen LogP contribution in [0.25, 0.3) is 0 Å². The van der Waals surface area contributed by atoms with Crippen molar-refractivity contribution in [2.75, 3.05) is 18.2 Å². The molecule has 1 aliphatic heterocycles. The second-order valence-electron chi connectivity index (χ2n) is 6.76. The zero-order chi connectivity index (χ0) is 17.8. The molecular formula is C18H24FN3O2S. The molecule has 0 radical (unpaired) electrons. The van der Waals surface area contributed by atoms with E-state index >= 15 is 0 Å². The zero-order valence-corrected chi connectivity index (χ0v) is 14.9. The van der Waals surface area contributed by atoms with E-state index in [4.69, 9.17) is 5.73 Å². The van der Waals surface area contributed by atoms with Gasteiger partial charge in [-0.3, -0.25) is 9.59 Å². The van der Waals surface area contributed by atoms with Crippen molar-refractivity contribution in [3.63, 3.8) is 0 Å². The SMILES string of the molecule is NC(C(=O)N1CCSC1)C1CCC(NC(=O)c2ccc(F)cc2)CC1. The topological polar surface area (TPSA) is 75.4 Å². The van der Waals surface area contributed by atoms with E-state index in [1.165, 1.54) is 24.3 Å². The quantitative estimate of drug-likeness (QED) is 0.855. The molecule has 2 amide bonds. The third-order valence-electron chi connectivity index (χ3n) is 5.07. The van der Waals surface area contributed by atoms with Crippen LogP contribution in [0.5, 0.6) is 0 Å². The number of hydrogen-bond acceptors (Lipinski definition) is 4. The van der Waals surface area contributed by atoms with Crippen LogP contribution in [-0.2, 0) is 4.79 Å². The van der Waals surface area contributed by atoms with Gasteiger partial charge in [0.25, 0.3) is 5.91 Å². The Labute approximate surface area is 151 Å². The highest BCUT2D eigenvalue weighted by Gasteiger charge is 2.33. The lowest BCUT2D eigenvalue weighted by Crippen LogP contribution is -2.49. The van der Waals surface area contributed by atoms with E-state index < -0.39 is 6.04 Å². The average Bonchev–Trinajstić information content (AvgIpc) is 3.16. The zero-order valence-electron chi connectivity index (χ0n) is 14.1. The Hall–Kier alpha value is -1.60. The minimum absolute atomic E-state index is 0.0591. The first kappa shape index (κ1) is 18.2. The van der Waals surface area contributed by atoms with Crippen molar-refractivity contribution in [3.05, 3.63) is 35.6 Å². The predicted octanol–water partition coefficient (Wildman–Crippen LogP) is 1.97. The molecule has 3 N–H and O–H groups in total. The third-order valence-corrected chi connectivity index (χ3v) is 6.04. The molecule has 1 aromatic carbocycles. The number of carbonyl (C=O) groups is 2. The van der Waals surface area contributed by atoms with Crippen molar-refractivity contribution in [1.29, 1.82) is 0 Å². The van der Waals surface area contributed by atoms with Gasteiger partial charge in [-0.05, 0) is 55.9 Å². The number of carbonyl (C=O) groups excluding carboxylic acids is 2. The molecule has 5 nitrogen and oxygen atoms in total. The molecule has 2 fully saturated rings. The fourth-order valence-electron chi connectivity index (χ4n) is 3.49. The monoisotopic (exact) mass is 365 g/mol. The molecule has 1 saturated carbocycles. The second-order valence-corrected chi connectivity index (χ2v) is 7.83. The van der Waals surface area contributed by atoms with Gasteiger partial charge in [0.05, 0.1) is 11.9 Å². The predicted molar refractivity (Wildman–Crippen MR) is 96.6 cm³/mol. The summed E-state index contributed by atoms with van der Waals surface area (Å²) < 4.78 is 12.9. The maximum Gasteiger partial charge on any atom is 0.251 e. The number of nitrogens with one attached hydrogen (secondary N) is 1. The number of hydrogen-bond donors (Lipinski definition) is 2. The highest BCUT2D eigenvalue weighted by atomic mass is 32.2. The fourth-order valence-corrected chi connectivity index (χ4v) is 4.45. The lowest BCUT2D eigenvalue weighted by atomic mass is 9.81. The summed E-state index contributed by atoms with van der Waals surface area (Å²) in [6, 6.07) is 5.18. The summed E-state index contributed by atoms with van der Waals surface area (Å²) in [5.41, 5.74) is 6.66.